The molecule has 10 heteroatoms. The molecule has 0 saturated heterocycles. The van der Waals surface area contributed by atoms with Crippen LogP contribution in [0.25, 0.3) is 27.5 Å². The number of aromatic nitrogens is 3. The van der Waals surface area contributed by atoms with Crippen molar-refractivity contribution in [1.29, 1.82) is 0 Å². The summed E-state index contributed by atoms with van der Waals surface area (Å²) in [5, 5.41) is 25.0. The first kappa shape index (κ1) is 21.7. The van der Waals surface area contributed by atoms with Gasteiger partial charge in [-0.2, -0.15) is 18.3 Å². The molecule has 1 unspecified atom stereocenters. The third-order valence-electron chi connectivity index (χ3n) is 5.80. The van der Waals surface area contributed by atoms with E-state index in [-0.39, 0.29) is 10.9 Å². The largest absolute Gasteiger partial charge is 0.464 e. The second-order valence-corrected chi connectivity index (χ2v) is 7.72. The average Bonchev–Trinajstić information content (AvgIpc) is 3.42. The summed E-state index contributed by atoms with van der Waals surface area (Å²) in [7, 11) is 0. The molecular weight excluding hydrogens is 454 g/mol. The molecule has 1 atom stereocenters. The van der Waals surface area contributed by atoms with Gasteiger partial charge in [-0.1, -0.05) is 18.2 Å². The summed E-state index contributed by atoms with van der Waals surface area (Å²) in [5.41, 5.74) is -3.41. The molecule has 34 heavy (non-hydrogen) atoms. The zero-order valence-corrected chi connectivity index (χ0v) is 17.2. The molecule has 6 nitrogen and oxygen atoms in total. The summed E-state index contributed by atoms with van der Waals surface area (Å²) < 4.78 is 58.8. The molecule has 0 radical (unpaired) electrons. The number of carbonyl (C=O) groups is 1. The van der Waals surface area contributed by atoms with Crippen LogP contribution in [0, 0.1) is 5.82 Å². The van der Waals surface area contributed by atoms with Gasteiger partial charge in [0.1, 0.15) is 5.82 Å². The summed E-state index contributed by atoms with van der Waals surface area (Å²) in [6, 6.07) is 14.1. The molecule has 2 heterocycles. The standard InChI is InChI=1S/C24H15F4N3O3/c25-16-5-7-17(8-6-16)31-20-9-4-15(12-14(20)13-29-31)23(34,24(26,27)28)19-2-1-3-21-18(19)10-11-30(21)22(32)33/h1-13,34H,(H,32,33). The van der Waals surface area contributed by atoms with Crippen molar-refractivity contribution in [3.05, 3.63) is 96.1 Å². The lowest BCUT2D eigenvalue weighted by Gasteiger charge is -2.32. The number of benzene rings is 3. The zero-order chi connectivity index (χ0) is 24.3. The van der Waals surface area contributed by atoms with Crippen LogP contribution in [0.4, 0.5) is 22.4 Å². The Hall–Kier alpha value is -4.18. The Kier molecular flexibility index (Phi) is 4.73. The smallest absolute Gasteiger partial charge is 0.425 e. The predicted molar refractivity (Wildman–Crippen MR) is 115 cm³/mol. The molecule has 0 amide bonds. The summed E-state index contributed by atoms with van der Waals surface area (Å²) in [6.45, 7) is 0. The predicted octanol–water partition coefficient (Wildman–Crippen LogP) is 5.44. The van der Waals surface area contributed by atoms with E-state index < -0.39 is 34.8 Å². The Morgan fingerprint density at radius 1 is 0.941 bits per heavy atom. The van der Waals surface area contributed by atoms with Gasteiger partial charge in [-0.15, -0.1) is 0 Å². The van der Waals surface area contributed by atoms with Crippen LogP contribution < -0.4 is 0 Å². The highest BCUT2D eigenvalue weighted by molar-refractivity contribution is 5.92. The van der Waals surface area contributed by atoms with Gasteiger partial charge in [0.2, 0.25) is 5.60 Å². The highest BCUT2D eigenvalue weighted by Crippen LogP contribution is 2.47. The molecule has 172 valence electrons. The van der Waals surface area contributed by atoms with Gasteiger partial charge in [0, 0.05) is 22.5 Å². The first-order valence-electron chi connectivity index (χ1n) is 9.98. The van der Waals surface area contributed by atoms with E-state index in [1.54, 1.807) is 0 Å². The van der Waals surface area contributed by atoms with Gasteiger partial charge in [0.05, 0.1) is 22.9 Å². The quantitative estimate of drug-likeness (QED) is 0.345. The Morgan fingerprint density at radius 2 is 1.68 bits per heavy atom. The molecule has 2 aromatic heterocycles. The second kappa shape index (κ2) is 7.42. The van der Waals surface area contributed by atoms with Gasteiger partial charge in [-0.25, -0.2) is 13.9 Å². The van der Waals surface area contributed by atoms with Crippen LogP contribution in [0.5, 0.6) is 0 Å². The van der Waals surface area contributed by atoms with Crippen molar-refractivity contribution < 1.29 is 32.6 Å². The Morgan fingerprint density at radius 3 is 2.35 bits per heavy atom. The zero-order valence-electron chi connectivity index (χ0n) is 17.2. The van der Waals surface area contributed by atoms with Crippen molar-refractivity contribution in [3.8, 4) is 5.69 Å². The summed E-state index contributed by atoms with van der Waals surface area (Å²) >= 11 is 0. The fourth-order valence-electron chi connectivity index (χ4n) is 4.17. The first-order chi connectivity index (χ1) is 16.1. The van der Waals surface area contributed by atoms with Crippen LogP contribution in [0.1, 0.15) is 11.1 Å². The summed E-state index contributed by atoms with van der Waals surface area (Å²) in [4.78, 5) is 11.4. The lowest BCUT2D eigenvalue weighted by atomic mass is 9.83. The minimum absolute atomic E-state index is 0.0119. The monoisotopic (exact) mass is 469 g/mol. The van der Waals surface area contributed by atoms with Gasteiger partial charge < -0.3 is 10.2 Å². The molecular formula is C24H15F4N3O3. The highest BCUT2D eigenvalue weighted by Gasteiger charge is 2.57. The van der Waals surface area contributed by atoms with Crippen LogP contribution in [-0.4, -0.2) is 36.8 Å². The minimum atomic E-state index is -5.13. The van der Waals surface area contributed by atoms with Crippen LogP contribution in [-0.2, 0) is 5.60 Å². The number of alkyl halides is 3. The molecule has 0 saturated carbocycles. The van der Waals surface area contributed by atoms with E-state index >= 15 is 0 Å². The van der Waals surface area contributed by atoms with Gasteiger partial charge in [-0.05, 0) is 54.1 Å². The lowest BCUT2D eigenvalue weighted by molar-refractivity contribution is -0.247. The van der Waals surface area contributed by atoms with Gasteiger partial charge in [-0.3, -0.25) is 4.57 Å². The van der Waals surface area contributed by atoms with E-state index in [0.29, 0.717) is 16.6 Å². The third-order valence-corrected chi connectivity index (χ3v) is 5.80. The molecule has 0 bridgehead atoms. The van der Waals surface area contributed by atoms with Crippen molar-refractivity contribution in [2.45, 2.75) is 11.8 Å². The van der Waals surface area contributed by atoms with Crippen LogP contribution in [0.15, 0.2) is 79.1 Å². The van der Waals surface area contributed by atoms with Gasteiger partial charge in [0.15, 0.2) is 0 Å². The fourth-order valence-corrected chi connectivity index (χ4v) is 4.17. The van der Waals surface area contributed by atoms with Crippen molar-refractivity contribution in [3.63, 3.8) is 0 Å². The first-order valence-corrected chi connectivity index (χ1v) is 9.98. The van der Waals surface area contributed by atoms with E-state index in [9.17, 15) is 32.6 Å². The van der Waals surface area contributed by atoms with Crippen molar-refractivity contribution in [1.82, 2.24) is 14.3 Å². The summed E-state index contributed by atoms with van der Waals surface area (Å²) in [5.74, 6) is -0.441. The molecule has 5 aromatic rings. The van der Waals surface area contributed by atoms with Crippen molar-refractivity contribution in [2.75, 3.05) is 0 Å². The molecule has 0 fully saturated rings. The number of hydrogen-bond acceptors (Lipinski definition) is 3. The minimum Gasteiger partial charge on any atom is -0.464 e. The van der Waals surface area contributed by atoms with Crippen LogP contribution in [0.3, 0.4) is 0 Å². The van der Waals surface area contributed by atoms with E-state index in [1.165, 1.54) is 65.5 Å². The van der Waals surface area contributed by atoms with Crippen LogP contribution in [0.2, 0.25) is 0 Å². The Balaban J connectivity index is 1.71. The number of carboxylic acid groups (broad SMARTS) is 1. The van der Waals surface area contributed by atoms with Gasteiger partial charge >= 0.3 is 12.3 Å². The topological polar surface area (TPSA) is 80.3 Å². The molecule has 2 N–H and O–H groups in total. The number of halogens is 4. The summed E-state index contributed by atoms with van der Waals surface area (Å²) in [6.07, 6.45) is -4.02. The third kappa shape index (κ3) is 3.14. The number of nitrogens with zero attached hydrogens (tertiary/aromatic N) is 3. The molecule has 3 aromatic carbocycles. The van der Waals surface area contributed by atoms with Crippen molar-refractivity contribution in [2.24, 2.45) is 0 Å². The van der Waals surface area contributed by atoms with Gasteiger partial charge in [0.25, 0.3) is 0 Å². The lowest BCUT2D eigenvalue weighted by Crippen LogP contribution is -2.43. The molecule has 0 aliphatic carbocycles. The molecule has 0 spiro atoms. The Labute approximate surface area is 188 Å². The van der Waals surface area contributed by atoms with E-state index in [0.717, 1.165) is 22.9 Å². The maximum Gasteiger partial charge on any atom is 0.425 e. The molecule has 0 aliphatic rings. The number of hydrogen-bond donors (Lipinski definition) is 2. The average molecular weight is 469 g/mol. The number of fused-ring (bicyclic) bond motifs is 2. The maximum atomic E-state index is 14.4. The maximum absolute atomic E-state index is 14.4. The normalized spacial score (nSPS) is 13.9. The van der Waals surface area contributed by atoms with E-state index in [2.05, 4.69) is 5.10 Å². The molecule has 0 aliphatic heterocycles. The number of rotatable bonds is 3. The SMILES string of the molecule is O=C(O)n1ccc2c(C(O)(c3ccc4c(cnn4-c4ccc(F)cc4)c3)C(F)(F)F)cccc21. The molecule has 5 rings (SSSR count). The number of aliphatic hydroxyl groups is 1. The van der Waals surface area contributed by atoms with Crippen molar-refractivity contribution >= 4 is 27.9 Å². The van der Waals surface area contributed by atoms with Crippen LogP contribution >= 0.6 is 0 Å². The van der Waals surface area contributed by atoms with E-state index in [1.807, 2.05) is 0 Å². The second-order valence-electron chi connectivity index (χ2n) is 7.72. The van der Waals surface area contributed by atoms with E-state index in [4.69, 9.17) is 0 Å². The Bertz CT molecular complexity index is 1550. The fraction of sp³-hybridized carbons (Fsp3) is 0.0833. The highest BCUT2D eigenvalue weighted by atomic mass is 19.4.